The SMILES string of the molecule is Cc1ccc(NCc2cccc(-c3ccccc3)c2)c(N)n1. The summed E-state index contributed by atoms with van der Waals surface area (Å²) in [5, 5.41) is 3.35. The highest BCUT2D eigenvalue weighted by Crippen LogP contribution is 2.21. The maximum absolute atomic E-state index is 5.93. The van der Waals surface area contributed by atoms with Crippen LogP contribution < -0.4 is 11.1 Å². The largest absolute Gasteiger partial charge is 0.382 e. The summed E-state index contributed by atoms with van der Waals surface area (Å²) >= 11 is 0. The van der Waals surface area contributed by atoms with Gasteiger partial charge in [-0.05, 0) is 41.8 Å². The van der Waals surface area contributed by atoms with Crippen molar-refractivity contribution in [2.24, 2.45) is 0 Å². The summed E-state index contributed by atoms with van der Waals surface area (Å²) in [6.45, 7) is 2.65. The molecule has 0 spiro atoms. The van der Waals surface area contributed by atoms with Crippen molar-refractivity contribution < 1.29 is 0 Å². The molecular weight excluding hydrogens is 270 g/mol. The van der Waals surface area contributed by atoms with Crippen molar-refractivity contribution in [3.63, 3.8) is 0 Å². The van der Waals surface area contributed by atoms with Crippen LogP contribution in [0.1, 0.15) is 11.3 Å². The Morgan fingerprint density at radius 1 is 0.909 bits per heavy atom. The summed E-state index contributed by atoms with van der Waals surface area (Å²) in [7, 11) is 0. The maximum atomic E-state index is 5.93. The van der Waals surface area contributed by atoms with Gasteiger partial charge in [0.25, 0.3) is 0 Å². The lowest BCUT2D eigenvalue weighted by molar-refractivity contribution is 1.13. The topological polar surface area (TPSA) is 50.9 Å². The second-order valence-electron chi connectivity index (χ2n) is 5.31. The quantitative estimate of drug-likeness (QED) is 0.755. The van der Waals surface area contributed by atoms with Gasteiger partial charge >= 0.3 is 0 Å². The Morgan fingerprint density at radius 3 is 2.45 bits per heavy atom. The van der Waals surface area contributed by atoms with Gasteiger partial charge in [-0.2, -0.15) is 0 Å². The van der Waals surface area contributed by atoms with E-state index >= 15 is 0 Å². The zero-order chi connectivity index (χ0) is 15.4. The zero-order valence-corrected chi connectivity index (χ0v) is 12.6. The van der Waals surface area contributed by atoms with Crippen LogP contribution in [-0.2, 0) is 6.54 Å². The molecule has 3 aromatic rings. The van der Waals surface area contributed by atoms with E-state index in [9.17, 15) is 0 Å². The van der Waals surface area contributed by atoms with Gasteiger partial charge in [-0.1, -0.05) is 48.5 Å². The monoisotopic (exact) mass is 289 g/mol. The van der Waals surface area contributed by atoms with Crippen LogP contribution in [-0.4, -0.2) is 4.98 Å². The molecule has 3 rings (SSSR count). The van der Waals surface area contributed by atoms with E-state index in [0.29, 0.717) is 5.82 Å². The summed E-state index contributed by atoms with van der Waals surface area (Å²) < 4.78 is 0. The smallest absolute Gasteiger partial charge is 0.147 e. The van der Waals surface area contributed by atoms with Crippen molar-refractivity contribution >= 4 is 11.5 Å². The number of aryl methyl sites for hydroxylation is 1. The van der Waals surface area contributed by atoms with Crippen LogP contribution in [0.3, 0.4) is 0 Å². The van der Waals surface area contributed by atoms with Crippen molar-refractivity contribution in [1.82, 2.24) is 4.98 Å². The number of hydrogen-bond donors (Lipinski definition) is 2. The van der Waals surface area contributed by atoms with Crippen LogP contribution in [0.15, 0.2) is 66.7 Å². The van der Waals surface area contributed by atoms with Crippen LogP contribution in [0.5, 0.6) is 0 Å². The van der Waals surface area contributed by atoms with Gasteiger partial charge in [-0.15, -0.1) is 0 Å². The number of pyridine rings is 1. The van der Waals surface area contributed by atoms with Crippen LogP contribution >= 0.6 is 0 Å². The van der Waals surface area contributed by atoms with Crippen LogP contribution in [0.25, 0.3) is 11.1 Å². The average Bonchev–Trinajstić information content (AvgIpc) is 2.55. The van der Waals surface area contributed by atoms with Gasteiger partial charge in [-0.3, -0.25) is 0 Å². The summed E-state index contributed by atoms with van der Waals surface area (Å²) in [6, 6.07) is 22.8. The lowest BCUT2D eigenvalue weighted by atomic mass is 10.0. The molecule has 0 fully saturated rings. The minimum Gasteiger partial charge on any atom is -0.382 e. The molecule has 0 radical (unpaired) electrons. The van der Waals surface area contributed by atoms with E-state index in [1.807, 2.05) is 25.1 Å². The predicted octanol–water partition coefficient (Wildman–Crippen LogP) is 4.25. The molecule has 0 amide bonds. The molecule has 0 saturated heterocycles. The highest BCUT2D eigenvalue weighted by Gasteiger charge is 2.02. The van der Waals surface area contributed by atoms with E-state index in [1.165, 1.54) is 16.7 Å². The number of aromatic nitrogens is 1. The molecule has 0 bridgehead atoms. The number of rotatable bonds is 4. The molecular formula is C19H19N3. The molecule has 0 aliphatic carbocycles. The lowest BCUT2D eigenvalue weighted by Gasteiger charge is -2.10. The molecule has 3 N–H and O–H groups in total. The number of nitrogens with one attached hydrogen (secondary N) is 1. The fraction of sp³-hybridized carbons (Fsp3) is 0.105. The van der Waals surface area contributed by atoms with E-state index in [4.69, 9.17) is 5.73 Å². The Kier molecular flexibility index (Phi) is 4.05. The van der Waals surface area contributed by atoms with Gasteiger partial charge in [-0.25, -0.2) is 4.98 Å². The van der Waals surface area contributed by atoms with Crippen LogP contribution in [0.2, 0.25) is 0 Å². The molecule has 0 unspecified atom stereocenters. The predicted molar refractivity (Wildman–Crippen MR) is 92.6 cm³/mol. The number of nitrogens with zero attached hydrogens (tertiary/aromatic N) is 1. The van der Waals surface area contributed by atoms with Gasteiger partial charge in [0.05, 0.1) is 5.69 Å². The zero-order valence-electron chi connectivity index (χ0n) is 12.6. The number of nitrogen functional groups attached to an aromatic ring is 1. The van der Waals surface area contributed by atoms with E-state index in [-0.39, 0.29) is 0 Å². The second-order valence-corrected chi connectivity index (χ2v) is 5.31. The van der Waals surface area contributed by atoms with Crippen molar-refractivity contribution in [2.45, 2.75) is 13.5 Å². The first-order chi connectivity index (χ1) is 10.7. The highest BCUT2D eigenvalue weighted by molar-refractivity contribution is 5.65. The molecule has 0 saturated carbocycles. The third-order valence-electron chi connectivity index (χ3n) is 3.58. The molecule has 2 aromatic carbocycles. The minimum atomic E-state index is 0.541. The molecule has 0 atom stereocenters. The van der Waals surface area contributed by atoms with E-state index in [0.717, 1.165) is 17.9 Å². The molecule has 110 valence electrons. The first kappa shape index (κ1) is 14.1. The highest BCUT2D eigenvalue weighted by atomic mass is 15.0. The van der Waals surface area contributed by atoms with E-state index in [1.54, 1.807) is 0 Å². The summed E-state index contributed by atoms with van der Waals surface area (Å²) in [5.41, 5.74) is 11.4. The number of benzene rings is 2. The fourth-order valence-electron chi connectivity index (χ4n) is 2.42. The Morgan fingerprint density at radius 2 is 1.68 bits per heavy atom. The standard InChI is InChI=1S/C19H19N3/c1-14-10-11-18(19(20)22-14)21-13-15-6-5-9-17(12-15)16-7-3-2-4-8-16/h2-12,21H,13H2,1H3,(H2,20,22). The van der Waals surface area contributed by atoms with Crippen LogP contribution in [0, 0.1) is 6.92 Å². The van der Waals surface area contributed by atoms with Crippen molar-refractivity contribution in [3.8, 4) is 11.1 Å². The number of nitrogens with two attached hydrogens (primary N) is 1. The molecule has 1 aromatic heterocycles. The molecule has 3 nitrogen and oxygen atoms in total. The van der Waals surface area contributed by atoms with Crippen molar-refractivity contribution in [3.05, 3.63) is 78.0 Å². The fourth-order valence-corrected chi connectivity index (χ4v) is 2.42. The van der Waals surface area contributed by atoms with Gasteiger partial charge < -0.3 is 11.1 Å². The second kappa shape index (κ2) is 6.31. The molecule has 1 heterocycles. The van der Waals surface area contributed by atoms with Gasteiger partial charge in [0.15, 0.2) is 0 Å². The van der Waals surface area contributed by atoms with E-state index < -0.39 is 0 Å². The normalized spacial score (nSPS) is 10.4. The summed E-state index contributed by atoms with van der Waals surface area (Å²) in [5.74, 6) is 0.541. The Balaban J connectivity index is 1.76. The summed E-state index contributed by atoms with van der Waals surface area (Å²) in [4.78, 5) is 4.27. The Hall–Kier alpha value is -2.81. The van der Waals surface area contributed by atoms with E-state index in [2.05, 4.69) is 58.8 Å². The lowest BCUT2D eigenvalue weighted by Crippen LogP contribution is -2.04. The minimum absolute atomic E-state index is 0.541. The molecule has 3 heteroatoms. The first-order valence-corrected chi connectivity index (χ1v) is 7.34. The molecule has 0 aliphatic rings. The molecule has 0 aliphatic heterocycles. The Labute approximate surface area is 130 Å². The van der Waals surface area contributed by atoms with Crippen molar-refractivity contribution in [1.29, 1.82) is 0 Å². The maximum Gasteiger partial charge on any atom is 0.147 e. The summed E-state index contributed by atoms with van der Waals surface area (Å²) in [6.07, 6.45) is 0. The first-order valence-electron chi connectivity index (χ1n) is 7.34. The van der Waals surface area contributed by atoms with Crippen molar-refractivity contribution in [2.75, 3.05) is 11.1 Å². The molecule has 22 heavy (non-hydrogen) atoms. The third-order valence-corrected chi connectivity index (χ3v) is 3.58. The average molecular weight is 289 g/mol. The van der Waals surface area contributed by atoms with Gasteiger partial charge in [0, 0.05) is 12.2 Å². The third kappa shape index (κ3) is 3.26. The van der Waals surface area contributed by atoms with Crippen LogP contribution in [0.4, 0.5) is 11.5 Å². The number of hydrogen-bond acceptors (Lipinski definition) is 3. The number of anilines is 2. The Bertz CT molecular complexity index is 767. The van der Waals surface area contributed by atoms with Gasteiger partial charge in [0.2, 0.25) is 0 Å². The van der Waals surface area contributed by atoms with Gasteiger partial charge in [0.1, 0.15) is 5.82 Å².